The van der Waals surface area contributed by atoms with Gasteiger partial charge in [-0.3, -0.25) is 4.79 Å². The Morgan fingerprint density at radius 1 is 1.31 bits per heavy atom. The smallest absolute Gasteiger partial charge is 0.417 e. The summed E-state index contributed by atoms with van der Waals surface area (Å²) >= 11 is 5.92. The van der Waals surface area contributed by atoms with E-state index in [1.165, 1.54) is 13.2 Å². The zero-order valence-corrected chi connectivity index (χ0v) is 16.0. The molecule has 1 aromatic heterocycles. The Morgan fingerprint density at radius 2 is 2.07 bits per heavy atom. The third-order valence-corrected chi connectivity index (χ3v) is 4.66. The van der Waals surface area contributed by atoms with E-state index in [0.29, 0.717) is 30.5 Å². The average Bonchev–Trinajstić information content (AvgIpc) is 3.44. The number of hydrogen-bond donors (Lipinski definition) is 1. The van der Waals surface area contributed by atoms with Crippen LogP contribution in [0.15, 0.2) is 30.5 Å². The summed E-state index contributed by atoms with van der Waals surface area (Å²) in [6.07, 6.45) is -3.53. The van der Waals surface area contributed by atoms with Gasteiger partial charge in [0, 0.05) is 25.3 Å². The van der Waals surface area contributed by atoms with Crippen molar-refractivity contribution in [1.82, 2.24) is 4.98 Å². The molecular formula is C19H17ClF3NO5. The number of benzene rings is 1. The maximum absolute atomic E-state index is 12.8. The third kappa shape index (κ3) is 5.10. The van der Waals surface area contributed by atoms with Crippen LogP contribution in [-0.2, 0) is 15.7 Å². The molecule has 3 rings (SSSR count). The number of ether oxygens (including phenoxy) is 3. The number of pyridine rings is 1. The van der Waals surface area contributed by atoms with Gasteiger partial charge in [-0.25, -0.2) is 4.98 Å². The predicted molar refractivity (Wildman–Crippen MR) is 96.6 cm³/mol. The molecular weight excluding hydrogens is 415 g/mol. The molecule has 0 unspecified atom stereocenters. The van der Waals surface area contributed by atoms with Crippen LogP contribution in [0.5, 0.6) is 17.4 Å². The molecule has 0 radical (unpaired) electrons. The predicted octanol–water partition coefficient (Wildman–Crippen LogP) is 4.76. The highest BCUT2D eigenvalue weighted by Gasteiger charge is 2.45. The van der Waals surface area contributed by atoms with Crippen LogP contribution in [-0.4, -0.2) is 36.4 Å². The van der Waals surface area contributed by atoms with Crippen LogP contribution in [0, 0.1) is 5.92 Å². The standard InChI is InChI=1S/C19H17ClF3NO5/c1-27-4-5-28-11-2-3-12(13-8-14(13)18(25)26)16(7-11)29-17-15(20)6-10(9-24-17)19(21,22)23/h2-3,6-7,9,13-14H,4-5,8H2,1H3,(H,25,26)/t13-,14+/m0/s1. The first kappa shape index (κ1) is 21.2. The van der Waals surface area contributed by atoms with E-state index < -0.39 is 23.6 Å². The number of carboxylic acids is 1. The normalized spacial score (nSPS) is 18.4. The van der Waals surface area contributed by atoms with Crippen molar-refractivity contribution < 1.29 is 37.3 Å². The monoisotopic (exact) mass is 431 g/mol. The highest BCUT2D eigenvalue weighted by atomic mass is 35.5. The van der Waals surface area contributed by atoms with Crippen LogP contribution in [0.4, 0.5) is 13.2 Å². The third-order valence-electron chi connectivity index (χ3n) is 4.39. The number of hydrogen-bond acceptors (Lipinski definition) is 5. The second-order valence-corrected chi connectivity index (χ2v) is 6.85. The number of rotatable bonds is 8. The molecule has 6 nitrogen and oxygen atoms in total. The first-order valence-corrected chi connectivity index (χ1v) is 8.97. The van der Waals surface area contributed by atoms with E-state index in [0.717, 1.165) is 6.07 Å². The lowest BCUT2D eigenvalue weighted by Gasteiger charge is -2.14. The second kappa shape index (κ2) is 8.46. The molecule has 0 saturated heterocycles. The van der Waals surface area contributed by atoms with Crippen LogP contribution in [0.3, 0.4) is 0 Å². The van der Waals surface area contributed by atoms with Gasteiger partial charge in [0.2, 0.25) is 5.88 Å². The molecule has 10 heteroatoms. The summed E-state index contributed by atoms with van der Waals surface area (Å²) in [5.74, 6) is -1.31. The number of halogens is 4. The van der Waals surface area contributed by atoms with Crippen LogP contribution < -0.4 is 9.47 Å². The SMILES string of the molecule is COCCOc1ccc([C@@H]2C[C@H]2C(=O)O)c(Oc2ncc(C(F)(F)F)cc2Cl)c1. The minimum Gasteiger partial charge on any atom is -0.491 e. The summed E-state index contributed by atoms with van der Waals surface area (Å²) in [6, 6.07) is 5.58. The molecule has 29 heavy (non-hydrogen) atoms. The van der Waals surface area contributed by atoms with Crippen molar-refractivity contribution in [2.45, 2.75) is 18.5 Å². The second-order valence-electron chi connectivity index (χ2n) is 6.44. The molecule has 0 aliphatic heterocycles. The number of nitrogens with zero attached hydrogens (tertiary/aromatic N) is 1. The fourth-order valence-corrected chi connectivity index (χ4v) is 3.02. The molecule has 1 saturated carbocycles. The van der Waals surface area contributed by atoms with E-state index in [2.05, 4.69) is 4.98 Å². The van der Waals surface area contributed by atoms with Crippen molar-refractivity contribution in [1.29, 1.82) is 0 Å². The average molecular weight is 432 g/mol. The van der Waals surface area contributed by atoms with Gasteiger partial charge in [0.25, 0.3) is 0 Å². The summed E-state index contributed by atoms with van der Waals surface area (Å²) in [5, 5.41) is 8.88. The Labute approximate surface area is 169 Å². The molecule has 156 valence electrons. The topological polar surface area (TPSA) is 77.9 Å². The molecule has 1 aliphatic rings. The van der Waals surface area contributed by atoms with Gasteiger partial charge in [-0.15, -0.1) is 0 Å². The molecule has 1 fully saturated rings. The number of methoxy groups -OCH3 is 1. The van der Waals surface area contributed by atoms with Gasteiger partial charge in [-0.1, -0.05) is 17.7 Å². The molecule has 1 aliphatic carbocycles. The quantitative estimate of drug-likeness (QED) is 0.607. The summed E-state index contributed by atoms with van der Waals surface area (Å²) in [4.78, 5) is 14.9. The summed E-state index contributed by atoms with van der Waals surface area (Å²) in [6.45, 7) is 0.629. The Balaban J connectivity index is 1.89. The molecule has 0 bridgehead atoms. The highest BCUT2D eigenvalue weighted by Crippen LogP contribution is 2.52. The summed E-state index contributed by atoms with van der Waals surface area (Å²) < 4.78 is 54.5. The number of aromatic nitrogens is 1. The fraction of sp³-hybridized carbons (Fsp3) is 0.368. The number of aliphatic carboxylic acids is 1. The lowest BCUT2D eigenvalue weighted by Crippen LogP contribution is -2.06. The molecule has 0 spiro atoms. The van der Waals surface area contributed by atoms with E-state index >= 15 is 0 Å². The molecule has 0 amide bonds. The zero-order valence-electron chi connectivity index (χ0n) is 15.2. The van der Waals surface area contributed by atoms with Gasteiger partial charge < -0.3 is 19.3 Å². The number of carboxylic acid groups (broad SMARTS) is 1. The summed E-state index contributed by atoms with van der Waals surface area (Å²) in [7, 11) is 1.53. The summed E-state index contributed by atoms with van der Waals surface area (Å²) in [5.41, 5.74) is -0.408. The van der Waals surface area contributed by atoms with Gasteiger partial charge >= 0.3 is 12.1 Å². The maximum Gasteiger partial charge on any atom is 0.417 e. The minimum absolute atomic E-state index is 0.220. The van der Waals surface area contributed by atoms with Crippen LogP contribution in [0.2, 0.25) is 5.02 Å². The molecule has 1 N–H and O–H groups in total. The Morgan fingerprint density at radius 3 is 2.66 bits per heavy atom. The van der Waals surface area contributed by atoms with Gasteiger partial charge in [-0.05, 0) is 24.1 Å². The van der Waals surface area contributed by atoms with Gasteiger partial charge in [-0.2, -0.15) is 13.2 Å². The van der Waals surface area contributed by atoms with E-state index in [1.54, 1.807) is 12.1 Å². The van der Waals surface area contributed by atoms with Crippen molar-refractivity contribution in [3.05, 3.63) is 46.6 Å². The van der Waals surface area contributed by atoms with Crippen molar-refractivity contribution in [3.63, 3.8) is 0 Å². The highest BCUT2D eigenvalue weighted by molar-refractivity contribution is 6.31. The fourth-order valence-electron chi connectivity index (χ4n) is 2.81. The molecule has 1 aromatic carbocycles. The lowest BCUT2D eigenvalue weighted by atomic mass is 10.1. The largest absolute Gasteiger partial charge is 0.491 e. The van der Waals surface area contributed by atoms with E-state index in [1.807, 2.05) is 0 Å². The lowest BCUT2D eigenvalue weighted by molar-refractivity contribution is -0.139. The van der Waals surface area contributed by atoms with Gasteiger partial charge in [0.05, 0.1) is 18.1 Å². The van der Waals surface area contributed by atoms with Gasteiger partial charge in [0.15, 0.2) is 0 Å². The Hall–Kier alpha value is -2.52. The van der Waals surface area contributed by atoms with E-state index in [4.69, 9.17) is 25.8 Å². The first-order valence-electron chi connectivity index (χ1n) is 8.59. The minimum atomic E-state index is -4.59. The van der Waals surface area contributed by atoms with Crippen LogP contribution in [0.25, 0.3) is 0 Å². The van der Waals surface area contributed by atoms with Crippen LogP contribution in [0.1, 0.15) is 23.5 Å². The van der Waals surface area contributed by atoms with Crippen molar-refractivity contribution in [3.8, 4) is 17.4 Å². The number of carbonyl (C=O) groups is 1. The molecule has 2 aromatic rings. The van der Waals surface area contributed by atoms with Gasteiger partial charge in [0.1, 0.15) is 23.1 Å². The van der Waals surface area contributed by atoms with Crippen molar-refractivity contribution >= 4 is 17.6 Å². The zero-order chi connectivity index (χ0) is 21.2. The Kier molecular flexibility index (Phi) is 6.18. The maximum atomic E-state index is 12.8. The molecule has 1 heterocycles. The molecule has 2 atom stereocenters. The van der Waals surface area contributed by atoms with Crippen molar-refractivity contribution in [2.24, 2.45) is 5.92 Å². The van der Waals surface area contributed by atoms with E-state index in [-0.39, 0.29) is 29.2 Å². The van der Waals surface area contributed by atoms with Crippen molar-refractivity contribution in [2.75, 3.05) is 20.3 Å². The number of alkyl halides is 3. The van der Waals surface area contributed by atoms with Crippen LogP contribution >= 0.6 is 11.6 Å². The Bertz CT molecular complexity index is 906. The first-order chi connectivity index (χ1) is 13.7. The van der Waals surface area contributed by atoms with E-state index in [9.17, 15) is 23.1 Å².